The van der Waals surface area contributed by atoms with Crippen LogP contribution >= 0.6 is 0 Å². The molecule has 0 saturated heterocycles. The van der Waals surface area contributed by atoms with Crippen LogP contribution < -0.4 is 11.1 Å². The fraction of sp³-hybridized carbons (Fsp3) is 0.385. The Labute approximate surface area is 117 Å². The van der Waals surface area contributed by atoms with E-state index in [0.717, 1.165) is 17.7 Å². The van der Waals surface area contributed by atoms with Crippen molar-refractivity contribution >= 4 is 5.91 Å². The second-order valence-electron chi connectivity index (χ2n) is 4.72. The molecule has 0 fully saturated rings. The maximum Gasteiger partial charge on any atom is 0.242 e. The van der Waals surface area contributed by atoms with E-state index in [0.29, 0.717) is 6.54 Å². The summed E-state index contributed by atoms with van der Waals surface area (Å²) in [5.41, 5.74) is 6.21. The lowest BCUT2D eigenvalue weighted by Crippen LogP contribution is -2.50. The zero-order valence-electron chi connectivity index (χ0n) is 11.6. The average Bonchev–Trinajstić information content (AvgIpc) is 2.99. The van der Waals surface area contributed by atoms with Crippen molar-refractivity contribution < 1.29 is 4.79 Å². The molecular weight excluding hydrogens is 256 g/mol. The van der Waals surface area contributed by atoms with Gasteiger partial charge in [-0.3, -0.25) is 10.1 Å². The van der Waals surface area contributed by atoms with E-state index in [-0.39, 0.29) is 0 Å². The van der Waals surface area contributed by atoms with Gasteiger partial charge in [-0.2, -0.15) is 0 Å². The number of hydrogen-bond donors (Lipinski definition) is 2. The minimum Gasteiger partial charge on any atom is -0.368 e. The van der Waals surface area contributed by atoms with Gasteiger partial charge in [-0.25, -0.2) is 4.68 Å². The van der Waals surface area contributed by atoms with Crippen LogP contribution in [0.2, 0.25) is 0 Å². The number of amides is 1. The largest absolute Gasteiger partial charge is 0.368 e. The van der Waals surface area contributed by atoms with Crippen molar-refractivity contribution in [3.05, 3.63) is 36.2 Å². The highest BCUT2D eigenvalue weighted by Gasteiger charge is 2.32. The highest BCUT2D eigenvalue weighted by molar-refractivity contribution is 5.85. The summed E-state index contributed by atoms with van der Waals surface area (Å²) in [4.78, 5) is 11.8. The van der Waals surface area contributed by atoms with Gasteiger partial charge in [0, 0.05) is 0 Å². The van der Waals surface area contributed by atoms with E-state index >= 15 is 0 Å². The fourth-order valence-electron chi connectivity index (χ4n) is 1.95. The third-order valence-electron chi connectivity index (χ3n) is 3.26. The molecule has 106 valence electrons. The van der Waals surface area contributed by atoms with Crippen molar-refractivity contribution in [3.63, 3.8) is 0 Å². The van der Waals surface area contributed by atoms with Crippen LogP contribution in [0, 0.1) is 0 Å². The molecule has 7 heteroatoms. The van der Waals surface area contributed by atoms with Gasteiger partial charge in [0.2, 0.25) is 5.91 Å². The molecule has 1 amide bonds. The number of rotatable bonds is 6. The van der Waals surface area contributed by atoms with Gasteiger partial charge in [0.05, 0.1) is 5.69 Å². The first-order valence-corrected chi connectivity index (χ1v) is 6.46. The van der Waals surface area contributed by atoms with E-state index < -0.39 is 11.4 Å². The van der Waals surface area contributed by atoms with Crippen LogP contribution in [0.1, 0.15) is 25.8 Å². The van der Waals surface area contributed by atoms with Crippen molar-refractivity contribution in [1.29, 1.82) is 0 Å². The summed E-state index contributed by atoms with van der Waals surface area (Å²) < 4.78 is 1.53. The molecule has 1 unspecified atom stereocenters. The fourth-order valence-corrected chi connectivity index (χ4v) is 1.95. The molecule has 0 aliphatic heterocycles. The zero-order chi connectivity index (χ0) is 14.6. The predicted molar refractivity (Wildman–Crippen MR) is 74.0 cm³/mol. The van der Waals surface area contributed by atoms with Crippen LogP contribution in [0.4, 0.5) is 0 Å². The zero-order valence-corrected chi connectivity index (χ0v) is 11.6. The summed E-state index contributed by atoms with van der Waals surface area (Å²) in [6, 6.07) is 7.42. The quantitative estimate of drug-likeness (QED) is 0.792. The normalized spacial score (nSPS) is 13.9. The Kier molecular flexibility index (Phi) is 4.09. The van der Waals surface area contributed by atoms with Crippen molar-refractivity contribution in [2.24, 2.45) is 5.73 Å². The lowest BCUT2D eigenvalue weighted by molar-refractivity contribution is -0.124. The lowest BCUT2D eigenvalue weighted by atomic mass is 9.90. The smallest absolute Gasteiger partial charge is 0.242 e. The molecule has 1 atom stereocenters. The van der Waals surface area contributed by atoms with Crippen LogP contribution in [-0.2, 0) is 10.3 Å². The molecule has 7 nitrogen and oxygen atoms in total. The van der Waals surface area contributed by atoms with E-state index in [2.05, 4.69) is 20.8 Å². The van der Waals surface area contributed by atoms with E-state index in [1.165, 1.54) is 11.0 Å². The lowest BCUT2D eigenvalue weighted by Gasteiger charge is -2.28. The number of nitrogens with one attached hydrogen (secondary N) is 1. The molecule has 0 saturated carbocycles. The molecule has 0 bridgehead atoms. The van der Waals surface area contributed by atoms with Crippen molar-refractivity contribution in [3.8, 4) is 5.69 Å². The van der Waals surface area contributed by atoms with Gasteiger partial charge >= 0.3 is 0 Å². The topological polar surface area (TPSA) is 98.7 Å². The van der Waals surface area contributed by atoms with Gasteiger partial charge in [0.25, 0.3) is 0 Å². The Morgan fingerprint density at radius 3 is 2.90 bits per heavy atom. The summed E-state index contributed by atoms with van der Waals surface area (Å²) in [7, 11) is 0. The SMILES string of the molecule is CCCNC(C)(C(N)=O)c1cccc(-n2cnnn2)c1. The molecule has 2 aromatic rings. The summed E-state index contributed by atoms with van der Waals surface area (Å²) in [6.45, 7) is 4.52. The molecule has 0 spiro atoms. The number of aromatic nitrogens is 4. The second-order valence-corrected chi connectivity index (χ2v) is 4.72. The van der Waals surface area contributed by atoms with E-state index in [1.54, 1.807) is 6.92 Å². The van der Waals surface area contributed by atoms with E-state index in [9.17, 15) is 4.79 Å². The van der Waals surface area contributed by atoms with Gasteiger partial charge in [0.15, 0.2) is 0 Å². The number of tetrazole rings is 1. The average molecular weight is 274 g/mol. The van der Waals surface area contributed by atoms with Gasteiger partial charge in [0.1, 0.15) is 11.9 Å². The number of primary amides is 1. The summed E-state index contributed by atoms with van der Waals surface area (Å²) in [5.74, 6) is -0.417. The first-order valence-electron chi connectivity index (χ1n) is 6.46. The van der Waals surface area contributed by atoms with Gasteiger partial charge in [-0.15, -0.1) is 5.10 Å². The predicted octanol–water partition coefficient (Wildman–Crippen LogP) is 0.362. The molecule has 0 aliphatic rings. The van der Waals surface area contributed by atoms with E-state index in [4.69, 9.17) is 5.73 Å². The van der Waals surface area contributed by atoms with Crippen LogP contribution in [-0.4, -0.2) is 32.7 Å². The minimum atomic E-state index is -0.917. The molecule has 0 aliphatic carbocycles. The second kappa shape index (κ2) is 5.79. The van der Waals surface area contributed by atoms with Gasteiger partial charge in [-0.1, -0.05) is 19.1 Å². The van der Waals surface area contributed by atoms with Crippen LogP contribution in [0.25, 0.3) is 5.69 Å². The Hall–Kier alpha value is -2.28. The molecule has 0 radical (unpaired) electrons. The molecule has 1 aromatic heterocycles. The number of carbonyl (C=O) groups is 1. The monoisotopic (exact) mass is 274 g/mol. The summed E-state index contributed by atoms with van der Waals surface area (Å²) in [5, 5.41) is 14.2. The Morgan fingerprint density at radius 2 is 2.30 bits per heavy atom. The Bertz CT molecular complexity index is 582. The number of nitrogens with zero attached hydrogens (tertiary/aromatic N) is 4. The molecule has 1 heterocycles. The number of carbonyl (C=O) groups excluding carboxylic acids is 1. The molecule has 2 rings (SSSR count). The van der Waals surface area contributed by atoms with Crippen LogP contribution in [0.15, 0.2) is 30.6 Å². The highest BCUT2D eigenvalue weighted by Crippen LogP contribution is 2.22. The van der Waals surface area contributed by atoms with Crippen LogP contribution in [0.5, 0.6) is 0 Å². The first-order chi connectivity index (χ1) is 9.58. The minimum absolute atomic E-state index is 0.417. The van der Waals surface area contributed by atoms with Crippen LogP contribution in [0.3, 0.4) is 0 Å². The van der Waals surface area contributed by atoms with Crippen molar-refractivity contribution in [2.45, 2.75) is 25.8 Å². The Morgan fingerprint density at radius 1 is 1.50 bits per heavy atom. The van der Waals surface area contributed by atoms with E-state index in [1.807, 2.05) is 31.2 Å². The Balaban J connectivity index is 2.39. The third-order valence-corrected chi connectivity index (χ3v) is 3.26. The van der Waals surface area contributed by atoms with Crippen molar-refractivity contribution in [1.82, 2.24) is 25.5 Å². The van der Waals surface area contributed by atoms with Crippen molar-refractivity contribution in [2.75, 3.05) is 6.54 Å². The molecule has 3 N–H and O–H groups in total. The summed E-state index contributed by atoms with van der Waals surface area (Å²) in [6.07, 6.45) is 2.41. The number of benzene rings is 1. The third kappa shape index (κ3) is 2.67. The number of hydrogen-bond acceptors (Lipinski definition) is 5. The standard InChI is InChI=1S/C13H18N6O/c1-3-7-15-13(2,12(14)20)10-5-4-6-11(8-10)19-9-16-17-18-19/h4-6,8-9,15H,3,7H2,1-2H3,(H2,14,20). The van der Waals surface area contributed by atoms with Gasteiger partial charge < -0.3 is 5.73 Å². The molecule has 20 heavy (non-hydrogen) atoms. The highest BCUT2D eigenvalue weighted by atomic mass is 16.1. The first kappa shape index (κ1) is 14.1. The summed E-state index contributed by atoms with van der Waals surface area (Å²) >= 11 is 0. The molecular formula is C13H18N6O. The molecule has 1 aromatic carbocycles. The number of nitrogens with two attached hydrogens (primary N) is 1. The van der Waals surface area contributed by atoms with Gasteiger partial charge in [-0.05, 0) is 48.0 Å². The maximum absolute atomic E-state index is 11.8. The maximum atomic E-state index is 11.8.